The van der Waals surface area contributed by atoms with Gasteiger partial charge < -0.3 is 0 Å². The van der Waals surface area contributed by atoms with E-state index in [1.807, 2.05) is 11.4 Å². The topological polar surface area (TPSA) is 68.9 Å². The van der Waals surface area contributed by atoms with Crippen LogP contribution in [0.4, 0.5) is 5.69 Å². The minimum atomic E-state index is -0.407. The summed E-state index contributed by atoms with van der Waals surface area (Å²) in [6.07, 6.45) is 0. The zero-order valence-corrected chi connectivity index (χ0v) is 17.1. The van der Waals surface area contributed by atoms with Gasteiger partial charge in [-0.05, 0) is 18.1 Å². The van der Waals surface area contributed by atoms with E-state index in [-0.39, 0.29) is 5.69 Å². The quantitative estimate of drug-likeness (QED) is 0.119. The number of hydrogen-bond acceptors (Lipinski definition) is 6. The summed E-state index contributed by atoms with van der Waals surface area (Å²) in [5, 5.41) is 14.7. The Hall–Kier alpha value is -2.48. The molecule has 0 unspecified atom stereocenters. The number of benzene rings is 2. The third-order valence-electron chi connectivity index (χ3n) is 4.23. The molecule has 0 atom stereocenters. The van der Waals surface area contributed by atoms with Crippen LogP contribution in [0.2, 0.25) is 5.15 Å². The number of nitro groups is 1. The minimum Gasteiger partial charge on any atom is -0.258 e. The number of thiophene rings is 1. The molecule has 0 radical (unpaired) electrons. The molecule has 2 heterocycles. The predicted octanol–water partition coefficient (Wildman–Crippen LogP) is 6.52. The first-order chi connectivity index (χ1) is 13.5. The number of fused-ring (bicyclic) bond motifs is 1. The van der Waals surface area contributed by atoms with Gasteiger partial charge in [-0.3, -0.25) is 10.1 Å². The van der Waals surface area contributed by atoms with Gasteiger partial charge in [0, 0.05) is 28.8 Å². The second kappa shape index (κ2) is 7.87. The Morgan fingerprint density at radius 3 is 2.71 bits per heavy atom. The first-order valence-corrected chi connectivity index (χ1v) is 10.6. The van der Waals surface area contributed by atoms with Crippen molar-refractivity contribution in [3.05, 3.63) is 80.3 Å². The Bertz CT molecular complexity index is 1180. The van der Waals surface area contributed by atoms with Gasteiger partial charge in [0.05, 0.1) is 10.3 Å². The smallest absolute Gasteiger partial charge is 0.258 e. The average molecular weight is 428 g/mol. The Kier molecular flexibility index (Phi) is 5.30. The van der Waals surface area contributed by atoms with Gasteiger partial charge in [0.1, 0.15) is 9.98 Å². The van der Waals surface area contributed by atoms with Crippen LogP contribution >= 0.6 is 34.7 Å². The zero-order chi connectivity index (χ0) is 19.7. The van der Waals surface area contributed by atoms with Crippen LogP contribution < -0.4 is 0 Å². The highest BCUT2D eigenvalue weighted by Gasteiger charge is 2.16. The summed E-state index contributed by atoms with van der Waals surface area (Å²) >= 11 is 9.46. The normalized spacial score (nSPS) is 11.1. The molecule has 2 aromatic carbocycles. The molecule has 5 nitrogen and oxygen atoms in total. The molecule has 0 saturated heterocycles. The molecule has 28 heavy (non-hydrogen) atoms. The van der Waals surface area contributed by atoms with Crippen LogP contribution in [0.3, 0.4) is 0 Å². The third-order valence-corrected chi connectivity index (χ3v) is 6.29. The van der Waals surface area contributed by atoms with Gasteiger partial charge >= 0.3 is 0 Å². The second-order valence-corrected chi connectivity index (χ2v) is 8.37. The van der Waals surface area contributed by atoms with Crippen LogP contribution in [-0.2, 0) is 5.75 Å². The van der Waals surface area contributed by atoms with E-state index >= 15 is 0 Å². The van der Waals surface area contributed by atoms with Crippen molar-refractivity contribution in [3.8, 4) is 11.1 Å². The van der Waals surface area contributed by atoms with Crippen molar-refractivity contribution in [1.82, 2.24) is 9.97 Å². The van der Waals surface area contributed by atoms with E-state index in [2.05, 4.69) is 41.2 Å². The molecule has 4 aromatic rings. The van der Waals surface area contributed by atoms with E-state index in [1.165, 1.54) is 46.4 Å². The Morgan fingerprint density at radius 2 is 1.96 bits per heavy atom. The molecule has 0 aliphatic rings. The van der Waals surface area contributed by atoms with Gasteiger partial charge in [-0.15, -0.1) is 11.3 Å². The molecule has 0 spiro atoms. The van der Waals surface area contributed by atoms with Gasteiger partial charge in [-0.2, -0.15) is 0 Å². The molecule has 8 heteroatoms. The van der Waals surface area contributed by atoms with Crippen molar-refractivity contribution in [2.24, 2.45) is 0 Å². The summed E-state index contributed by atoms with van der Waals surface area (Å²) in [4.78, 5) is 20.5. The molecule has 0 aliphatic heterocycles. The van der Waals surface area contributed by atoms with Crippen LogP contribution in [0.25, 0.3) is 21.3 Å². The van der Waals surface area contributed by atoms with Crippen molar-refractivity contribution >= 4 is 50.6 Å². The lowest BCUT2D eigenvalue weighted by atomic mass is 10.1. The van der Waals surface area contributed by atoms with E-state index in [9.17, 15) is 10.1 Å². The number of nitrogens with zero attached hydrogens (tertiary/aromatic N) is 3. The lowest BCUT2D eigenvalue weighted by molar-refractivity contribution is -0.384. The Labute approximate surface area is 174 Å². The number of thioether (sulfide) groups is 1. The van der Waals surface area contributed by atoms with Crippen LogP contribution in [0, 0.1) is 17.0 Å². The molecule has 4 rings (SSSR count). The fourth-order valence-corrected chi connectivity index (χ4v) is 4.96. The van der Waals surface area contributed by atoms with Crippen molar-refractivity contribution in [2.75, 3.05) is 0 Å². The standard InChI is InChI=1S/C20H14ClN3O2S2/c1-12-5-7-13(8-6-12)10-28-20-22-18(21)17-16(11-27-19(17)23-20)14-3-2-4-15(9-14)24(25)26/h2-9,11H,10H2,1H3. The third kappa shape index (κ3) is 3.87. The Balaban J connectivity index is 1.65. The molecule has 0 fully saturated rings. The van der Waals surface area contributed by atoms with Crippen LogP contribution in [0.1, 0.15) is 11.1 Å². The van der Waals surface area contributed by atoms with Gasteiger partial charge in [0.15, 0.2) is 5.16 Å². The fraction of sp³-hybridized carbons (Fsp3) is 0.100. The molecule has 0 saturated carbocycles. The molecule has 0 N–H and O–H groups in total. The number of halogens is 1. The highest BCUT2D eigenvalue weighted by molar-refractivity contribution is 7.98. The maximum Gasteiger partial charge on any atom is 0.270 e. The number of aromatic nitrogens is 2. The van der Waals surface area contributed by atoms with E-state index in [1.54, 1.807) is 6.07 Å². The van der Waals surface area contributed by atoms with Crippen LogP contribution in [0.5, 0.6) is 0 Å². The molecule has 0 bridgehead atoms. The van der Waals surface area contributed by atoms with Gasteiger partial charge in [-0.25, -0.2) is 9.97 Å². The minimum absolute atomic E-state index is 0.0409. The highest BCUT2D eigenvalue weighted by Crippen LogP contribution is 2.38. The second-order valence-electron chi connectivity index (χ2n) is 6.21. The first-order valence-electron chi connectivity index (χ1n) is 8.39. The van der Waals surface area contributed by atoms with Crippen molar-refractivity contribution in [2.45, 2.75) is 17.8 Å². The Morgan fingerprint density at radius 1 is 1.18 bits per heavy atom. The SMILES string of the molecule is Cc1ccc(CSc2nc(Cl)c3c(-c4cccc([N+](=O)[O-])c4)csc3n2)cc1. The summed E-state index contributed by atoms with van der Waals surface area (Å²) in [5.74, 6) is 0.755. The van der Waals surface area contributed by atoms with Crippen molar-refractivity contribution in [3.63, 3.8) is 0 Å². The molecule has 140 valence electrons. The largest absolute Gasteiger partial charge is 0.270 e. The predicted molar refractivity (Wildman–Crippen MR) is 115 cm³/mol. The van der Waals surface area contributed by atoms with E-state index in [0.717, 1.165) is 27.1 Å². The number of hydrogen-bond donors (Lipinski definition) is 0. The van der Waals surface area contributed by atoms with Crippen LogP contribution in [-0.4, -0.2) is 14.9 Å². The molecular formula is C20H14ClN3O2S2. The molecule has 2 aromatic heterocycles. The van der Waals surface area contributed by atoms with Crippen LogP contribution in [0.15, 0.2) is 59.1 Å². The zero-order valence-electron chi connectivity index (χ0n) is 14.8. The number of rotatable bonds is 5. The number of aryl methyl sites for hydroxylation is 1. The van der Waals surface area contributed by atoms with Crippen molar-refractivity contribution in [1.29, 1.82) is 0 Å². The van der Waals surface area contributed by atoms with E-state index in [0.29, 0.717) is 10.3 Å². The van der Waals surface area contributed by atoms with Crippen molar-refractivity contribution < 1.29 is 4.92 Å². The average Bonchev–Trinajstić information content (AvgIpc) is 3.12. The maximum absolute atomic E-state index is 11.1. The van der Waals surface area contributed by atoms with E-state index in [4.69, 9.17) is 11.6 Å². The number of non-ortho nitro benzene ring substituents is 1. The van der Waals surface area contributed by atoms with Gasteiger partial charge in [-0.1, -0.05) is 65.3 Å². The lowest BCUT2D eigenvalue weighted by Crippen LogP contribution is -1.91. The molecule has 0 aliphatic carbocycles. The summed E-state index contributed by atoms with van der Waals surface area (Å²) in [6, 6.07) is 14.8. The molecular weight excluding hydrogens is 414 g/mol. The summed E-state index contributed by atoms with van der Waals surface area (Å²) in [5.41, 5.74) is 3.99. The van der Waals surface area contributed by atoms with Gasteiger partial charge in [0.25, 0.3) is 5.69 Å². The fourth-order valence-electron chi connectivity index (χ4n) is 2.78. The first kappa shape index (κ1) is 18.9. The summed E-state index contributed by atoms with van der Waals surface area (Å²) in [7, 11) is 0. The monoisotopic (exact) mass is 427 g/mol. The molecule has 0 amide bonds. The summed E-state index contributed by atoms with van der Waals surface area (Å²) in [6.45, 7) is 2.06. The summed E-state index contributed by atoms with van der Waals surface area (Å²) < 4.78 is 0. The van der Waals surface area contributed by atoms with Gasteiger partial charge in [0.2, 0.25) is 0 Å². The number of nitro benzene ring substituents is 1. The van der Waals surface area contributed by atoms with E-state index < -0.39 is 4.92 Å². The lowest BCUT2D eigenvalue weighted by Gasteiger charge is -2.05. The maximum atomic E-state index is 11.1. The highest BCUT2D eigenvalue weighted by atomic mass is 35.5.